The summed E-state index contributed by atoms with van der Waals surface area (Å²) >= 11 is 5.77. The maximum Gasteiger partial charge on any atom is 0.328 e. The molecule has 1 rings (SSSR count). The highest BCUT2D eigenvalue weighted by molar-refractivity contribution is 6.30. The van der Waals surface area contributed by atoms with Crippen LogP contribution in [0.5, 0.6) is 5.75 Å². The van der Waals surface area contributed by atoms with Crippen molar-refractivity contribution >= 4 is 23.5 Å². The van der Waals surface area contributed by atoms with E-state index in [-0.39, 0.29) is 6.61 Å². The maximum atomic E-state index is 11.4. The normalized spacial score (nSPS) is 11.7. The summed E-state index contributed by atoms with van der Waals surface area (Å²) in [6.45, 7) is 0.750. The third-order valence-electron chi connectivity index (χ3n) is 2.31. The highest BCUT2D eigenvalue weighted by Crippen LogP contribution is 2.21. The van der Waals surface area contributed by atoms with Crippen LogP contribution in [0.15, 0.2) is 18.2 Å². The minimum Gasteiger partial charge on any atom is -0.484 e. The summed E-state index contributed by atoms with van der Waals surface area (Å²) in [7, 11) is 0. The minimum atomic E-state index is -1.33. The zero-order valence-corrected chi connectivity index (χ0v) is 11.0. The summed E-state index contributed by atoms with van der Waals surface area (Å²) in [4.78, 5) is 22.0. The van der Waals surface area contributed by atoms with Gasteiger partial charge in [0.1, 0.15) is 11.8 Å². The quantitative estimate of drug-likeness (QED) is 0.712. The van der Waals surface area contributed by atoms with Gasteiger partial charge in [0.25, 0.3) is 5.91 Å². The lowest BCUT2D eigenvalue weighted by molar-refractivity contribution is -0.143. The van der Waals surface area contributed by atoms with E-state index >= 15 is 0 Å². The molecular formula is C12H14ClNO5. The summed E-state index contributed by atoms with van der Waals surface area (Å²) in [6.07, 6.45) is 0. The number of carboxylic acid groups (broad SMARTS) is 1. The Kier molecular flexibility index (Phi) is 5.59. The van der Waals surface area contributed by atoms with Crippen molar-refractivity contribution in [1.29, 1.82) is 0 Å². The summed E-state index contributed by atoms with van der Waals surface area (Å²) in [5.74, 6) is -1.45. The van der Waals surface area contributed by atoms with Crippen molar-refractivity contribution in [2.45, 2.75) is 13.0 Å². The molecule has 1 atom stereocenters. The fourth-order valence-corrected chi connectivity index (χ4v) is 1.57. The molecule has 0 aliphatic heterocycles. The predicted molar refractivity (Wildman–Crippen MR) is 68.3 cm³/mol. The Morgan fingerprint density at radius 3 is 2.68 bits per heavy atom. The smallest absolute Gasteiger partial charge is 0.328 e. The molecule has 0 heterocycles. The van der Waals surface area contributed by atoms with Crippen LogP contribution >= 0.6 is 11.6 Å². The SMILES string of the molecule is Cc1cc(Cl)ccc1OCC(=O)N[C@@H](CO)C(=O)O. The second-order valence-electron chi connectivity index (χ2n) is 3.84. The van der Waals surface area contributed by atoms with Crippen LogP contribution in [-0.4, -0.2) is 41.3 Å². The van der Waals surface area contributed by atoms with Crippen molar-refractivity contribution in [2.75, 3.05) is 13.2 Å². The molecule has 3 N–H and O–H groups in total. The van der Waals surface area contributed by atoms with Crippen LogP contribution in [0.2, 0.25) is 5.02 Å². The number of ether oxygens (including phenoxy) is 1. The monoisotopic (exact) mass is 287 g/mol. The van der Waals surface area contributed by atoms with Gasteiger partial charge in [-0.05, 0) is 30.7 Å². The molecule has 1 amide bonds. The van der Waals surface area contributed by atoms with E-state index < -0.39 is 24.5 Å². The van der Waals surface area contributed by atoms with Gasteiger partial charge in [-0.15, -0.1) is 0 Å². The molecule has 0 fully saturated rings. The lowest BCUT2D eigenvalue weighted by atomic mass is 10.2. The van der Waals surface area contributed by atoms with Crippen LogP contribution < -0.4 is 10.1 Å². The van der Waals surface area contributed by atoms with Crippen LogP contribution in [-0.2, 0) is 9.59 Å². The molecule has 104 valence electrons. The Morgan fingerprint density at radius 2 is 2.16 bits per heavy atom. The first-order valence-corrected chi connectivity index (χ1v) is 5.84. The van der Waals surface area contributed by atoms with E-state index in [0.29, 0.717) is 10.8 Å². The number of halogens is 1. The van der Waals surface area contributed by atoms with Crippen molar-refractivity contribution in [2.24, 2.45) is 0 Å². The maximum absolute atomic E-state index is 11.4. The van der Waals surface area contributed by atoms with Crippen molar-refractivity contribution in [3.05, 3.63) is 28.8 Å². The molecule has 19 heavy (non-hydrogen) atoms. The number of carboxylic acids is 1. The molecule has 0 unspecified atom stereocenters. The number of carbonyl (C=O) groups is 2. The summed E-state index contributed by atoms with van der Waals surface area (Å²) < 4.78 is 5.23. The Balaban J connectivity index is 2.52. The van der Waals surface area contributed by atoms with Crippen molar-refractivity contribution in [3.8, 4) is 5.75 Å². The number of aliphatic hydroxyl groups excluding tert-OH is 1. The molecule has 1 aromatic carbocycles. The van der Waals surface area contributed by atoms with Gasteiger partial charge in [0.15, 0.2) is 6.61 Å². The van der Waals surface area contributed by atoms with Crippen LogP contribution in [0, 0.1) is 6.92 Å². The van der Waals surface area contributed by atoms with Gasteiger partial charge < -0.3 is 20.3 Å². The molecule has 0 bridgehead atoms. The molecule has 0 saturated carbocycles. The lowest BCUT2D eigenvalue weighted by Gasteiger charge is -2.13. The van der Waals surface area contributed by atoms with E-state index in [1.807, 2.05) is 0 Å². The van der Waals surface area contributed by atoms with Crippen LogP contribution in [0.4, 0.5) is 0 Å². The number of carbonyl (C=O) groups excluding carboxylic acids is 1. The van der Waals surface area contributed by atoms with Crippen molar-refractivity contribution in [3.63, 3.8) is 0 Å². The topological polar surface area (TPSA) is 95.9 Å². The molecule has 0 saturated heterocycles. The Hall–Kier alpha value is -1.79. The van der Waals surface area contributed by atoms with Crippen LogP contribution in [0.25, 0.3) is 0 Å². The van der Waals surface area contributed by atoms with Gasteiger partial charge in [0, 0.05) is 5.02 Å². The average Bonchev–Trinajstić information content (AvgIpc) is 2.34. The third-order valence-corrected chi connectivity index (χ3v) is 2.55. The first-order chi connectivity index (χ1) is 8.93. The second-order valence-corrected chi connectivity index (χ2v) is 4.28. The van der Waals surface area contributed by atoms with Gasteiger partial charge in [-0.1, -0.05) is 11.6 Å². The molecule has 6 nitrogen and oxygen atoms in total. The Morgan fingerprint density at radius 1 is 1.47 bits per heavy atom. The highest BCUT2D eigenvalue weighted by Gasteiger charge is 2.18. The zero-order valence-electron chi connectivity index (χ0n) is 10.2. The predicted octanol–water partition coefficient (Wildman–Crippen LogP) is 0.589. The average molecular weight is 288 g/mol. The van der Waals surface area contributed by atoms with Crippen LogP contribution in [0.3, 0.4) is 0 Å². The molecule has 0 aliphatic rings. The molecule has 1 aromatic rings. The van der Waals surface area contributed by atoms with Gasteiger partial charge in [-0.25, -0.2) is 4.79 Å². The van der Waals surface area contributed by atoms with E-state index in [0.717, 1.165) is 5.56 Å². The number of nitrogens with one attached hydrogen (secondary N) is 1. The zero-order chi connectivity index (χ0) is 14.4. The number of aryl methyl sites for hydroxylation is 1. The molecule has 0 aliphatic carbocycles. The van der Waals surface area contributed by atoms with Gasteiger partial charge in [-0.3, -0.25) is 4.79 Å². The summed E-state index contributed by atoms with van der Waals surface area (Å²) in [5, 5.41) is 20.1. The molecule has 0 aromatic heterocycles. The van der Waals surface area contributed by atoms with Gasteiger partial charge >= 0.3 is 5.97 Å². The second kappa shape index (κ2) is 6.96. The fraction of sp³-hybridized carbons (Fsp3) is 0.333. The van der Waals surface area contributed by atoms with Crippen molar-refractivity contribution < 1.29 is 24.5 Å². The molecule has 0 radical (unpaired) electrons. The van der Waals surface area contributed by atoms with Crippen LogP contribution in [0.1, 0.15) is 5.56 Å². The van der Waals surface area contributed by atoms with E-state index in [1.54, 1.807) is 25.1 Å². The molecule has 7 heteroatoms. The lowest BCUT2D eigenvalue weighted by Crippen LogP contribution is -2.45. The first kappa shape index (κ1) is 15.3. The van der Waals surface area contributed by atoms with Gasteiger partial charge in [-0.2, -0.15) is 0 Å². The number of amides is 1. The van der Waals surface area contributed by atoms with Gasteiger partial charge in [0.05, 0.1) is 6.61 Å². The number of aliphatic carboxylic acids is 1. The standard InChI is InChI=1S/C12H14ClNO5/c1-7-4-8(13)2-3-10(7)19-6-11(16)14-9(5-15)12(17)18/h2-4,9,15H,5-6H2,1H3,(H,14,16)(H,17,18)/t9-/m0/s1. The van der Waals surface area contributed by atoms with E-state index in [4.69, 9.17) is 26.6 Å². The number of aliphatic hydroxyl groups is 1. The first-order valence-electron chi connectivity index (χ1n) is 5.46. The Labute approximate surface area is 114 Å². The highest BCUT2D eigenvalue weighted by atomic mass is 35.5. The molecule has 0 spiro atoms. The number of rotatable bonds is 6. The van der Waals surface area contributed by atoms with E-state index in [9.17, 15) is 9.59 Å². The number of hydrogen-bond acceptors (Lipinski definition) is 4. The summed E-state index contributed by atoms with van der Waals surface area (Å²) in [6, 6.07) is 3.59. The fourth-order valence-electron chi connectivity index (χ4n) is 1.34. The third kappa shape index (κ3) is 4.76. The summed E-state index contributed by atoms with van der Waals surface area (Å²) in [5.41, 5.74) is 0.761. The number of benzene rings is 1. The molecular weight excluding hydrogens is 274 g/mol. The van der Waals surface area contributed by atoms with E-state index in [1.165, 1.54) is 0 Å². The number of hydrogen-bond donors (Lipinski definition) is 3. The van der Waals surface area contributed by atoms with Gasteiger partial charge in [0.2, 0.25) is 0 Å². The van der Waals surface area contributed by atoms with E-state index in [2.05, 4.69) is 5.32 Å². The van der Waals surface area contributed by atoms with Crippen molar-refractivity contribution in [1.82, 2.24) is 5.32 Å². The Bertz CT molecular complexity index is 477. The minimum absolute atomic E-state index is 0.341. The largest absolute Gasteiger partial charge is 0.484 e.